The molecule has 3 rings (SSSR count). The van der Waals surface area contributed by atoms with Gasteiger partial charge in [-0.05, 0) is 50.5 Å². The summed E-state index contributed by atoms with van der Waals surface area (Å²) in [5.41, 5.74) is 1.63. The maximum absolute atomic E-state index is 13.1. The van der Waals surface area contributed by atoms with Crippen LogP contribution in [-0.2, 0) is 0 Å². The second kappa shape index (κ2) is 8.81. The molecular weight excluding hydrogens is 345 g/mol. The Morgan fingerprint density at radius 2 is 1.85 bits per heavy atom. The fraction of sp³-hybridized carbons (Fsp3) is 0.400. The van der Waals surface area contributed by atoms with E-state index < -0.39 is 0 Å². The molecule has 1 saturated heterocycles. The summed E-state index contributed by atoms with van der Waals surface area (Å²) in [7, 11) is 4.03. The Morgan fingerprint density at radius 3 is 2.52 bits per heavy atom. The van der Waals surface area contributed by atoms with Gasteiger partial charge in [-0.2, -0.15) is 0 Å². The molecule has 1 aliphatic heterocycles. The van der Waals surface area contributed by atoms with Crippen molar-refractivity contribution in [1.29, 1.82) is 0 Å². The van der Waals surface area contributed by atoms with Gasteiger partial charge in [0, 0.05) is 56.7 Å². The maximum Gasteiger partial charge on any atom is 0.254 e. The van der Waals surface area contributed by atoms with Crippen molar-refractivity contribution in [3.05, 3.63) is 54.0 Å². The van der Waals surface area contributed by atoms with Crippen molar-refractivity contribution in [1.82, 2.24) is 14.8 Å². The molecule has 144 valence electrons. The highest BCUT2D eigenvalue weighted by molar-refractivity contribution is 5.95. The molecule has 0 saturated carbocycles. The molecule has 2 aromatic rings. The zero-order valence-corrected chi connectivity index (χ0v) is 15.9. The molecule has 1 fully saturated rings. The number of piperazine rings is 1. The molecule has 6 nitrogen and oxygen atoms in total. The van der Waals surface area contributed by atoms with E-state index in [9.17, 15) is 9.18 Å². The Bertz CT molecular complexity index is 757. The van der Waals surface area contributed by atoms with Crippen LogP contribution in [0.5, 0.6) is 0 Å². The van der Waals surface area contributed by atoms with E-state index in [1.807, 2.05) is 25.1 Å². The van der Waals surface area contributed by atoms with Crippen LogP contribution in [0, 0.1) is 5.82 Å². The third kappa shape index (κ3) is 5.17. The van der Waals surface area contributed by atoms with Crippen molar-refractivity contribution < 1.29 is 9.18 Å². The Hall–Kier alpha value is -2.67. The van der Waals surface area contributed by atoms with Crippen LogP contribution in [0.4, 0.5) is 15.9 Å². The van der Waals surface area contributed by atoms with Gasteiger partial charge < -0.3 is 20.0 Å². The Balaban J connectivity index is 1.56. The van der Waals surface area contributed by atoms with Gasteiger partial charge in [0.1, 0.15) is 11.6 Å². The molecule has 1 aliphatic rings. The lowest BCUT2D eigenvalue weighted by molar-refractivity contribution is 0.0746. The van der Waals surface area contributed by atoms with Crippen LogP contribution < -0.4 is 10.2 Å². The second-order valence-electron chi connectivity index (χ2n) is 6.92. The van der Waals surface area contributed by atoms with E-state index in [1.165, 1.54) is 12.1 Å². The predicted octanol–water partition coefficient (Wildman–Crippen LogP) is 2.16. The highest BCUT2D eigenvalue weighted by atomic mass is 19.1. The normalized spacial score (nSPS) is 14.5. The number of amides is 1. The van der Waals surface area contributed by atoms with E-state index in [4.69, 9.17) is 0 Å². The van der Waals surface area contributed by atoms with Crippen LogP contribution in [0.1, 0.15) is 10.4 Å². The number of aromatic nitrogens is 1. The summed E-state index contributed by atoms with van der Waals surface area (Å²) in [6.45, 7) is 4.41. The first kappa shape index (κ1) is 19.1. The van der Waals surface area contributed by atoms with E-state index in [-0.39, 0.29) is 11.7 Å². The van der Waals surface area contributed by atoms with Crippen LogP contribution in [0.15, 0.2) is 42.6 Å². The van der Waals surface area contributed by atoms with Gasteiger partial charge in [-0.15, -0.1) is 0 Å². The van der Waals surface area contributed by atoms with Crippen LogP contribution in [-0.4, -0.2) is 74.1 Å². The zero-order valence-electron chi connectivity index (χ0n) is 15.9. The number of likely N-dealkylation sites (N-methyl/N-ethyl adjacent to an activating group) is 1. The summed E-state index contributed by atoms with van der Waals surface area (Å²) in [5.74, 6) is 0.500. The third-order valence-corrected chi connectivity index (χ3v) is 4.63. The lowest BCUT2D eigenvalue weighted by atomic mass is 10.2. The average Bonchev–Trinajstić information content (AvgIpc) is 2.68. The number of anilines is 2. The highest BCUT2D eigenvalue weighted by Gasteiger charge is 2.22. The van der Waals surface area contributed by atoms with Crippen LogP contribution in [0.25, 0.3) is 0 Å². The average molecular weight is 371 g/mol. The minimum Gasteiger partial charge on any atom is -0.369 e. The zero-order chi connectivity index (χ0) is 19.2. The molecule has 7 heteroatoms. The largest absolute Gasteiger partial charge is 0.369 e. The topological polar surface area (TPSA) is 51.7 Å². The van der Waals surface area contributed by atoms with Gasteiger partial charge in [0.25, 0.3) is 5.91 Å². The summed E-state index contributed by atoms with van der Waals surface area (Å²) in [6.07, 6.45) is 1.67. The molecular formula is C20H26FN5O. The Morgan fingerprint density at radius 1 is 1.15 bits per heavy atom. The first-order valence-corrected chi connectivity index (χ1v) is 9.17. The molecule has 0 unspecified atom stereocenters. The fourth-order valence-corrected chi connectivity index (χ4v) is 3.07. The van der Waals surface area contributed by atoms with Gasteiger partial charge in [-0.1, -0.05) is 0 Å². The first-order valence-electron chi connectivity index (χ1n) is 9.17. The van der Waals surface area contributed by atoms with E-state index in [0.717, 1.165) is 31.9 Å². The van der Waals surface area contributed by atoms with Gasteiger partial charge in [-0.25, -0.2) is 9.37 Å². The monoisotopic (exact) mass is 371 g/mol. The summed E-state index contributed by atoms with van der Waals surface area (Å²) in [4.78, 5) is 23.2. The highest BCUT2D eigenvalue weighted by Crippen LogP contribution is 2.18. The molecule has 27 heavy (non-hydrogen) atoms. The lowest BCUT2D eigenvalue weighted by Crippen LogP contribution is -2.48. The number of benzene rings is 1. The van der Waals surface area contributed by atoms with E-state index in [0.29, 0.717) is 24.5 Å². The van der Waals surface area contributed by atoms with Crippen molar-refractivity contribution in [3.63, 3.8) is 0 Å². The minimum absolute atomic E-state index is 0.0202. The molecule has 0 bridgehead atoms. The summed E-state index contributed by atoms with van der Waals surface area (Å²) in [6, 6.07) is 10.1. The van der Waals surface area contributed by atoms with E-state index >= 15 is 0 Å². The second-order valence-corrected chi connectivity index (χ2v) is 6.92. The lowest BCUT2D eigenvalue weighted by Gasteiger charge is -2.36. The van der Waals surface area contributed by atoms with Gasteiger partial charge in [0.2, 0.25) is 0 Å². The van der Waals surface area contributed by atoms with Gasteiger partial charge >= 0.3 is 0 Å². The van der Waals surface area contributed by atoms with Crippen molar-refractivity contribution >= 4 is 17.4 Å². The number of hydrogen-bond donors (Lipinski definition) is 1. The van der Waals surface area contributed by atoms with Crippen LogP contribution in [0.3, 0.4) is 0 Å². The number of rotatable bonds is 6. The number of hydrogen-bond acceptors (Lipinski definition) is 5. The molecule has 1 N–H and O–H groups in total. The first-order chi connectivity index (χ1) is 13.0. The summed E-state index contributed by atoms with van der Waals surface area (Å²) >= 11 is 0. The fourth-order valence-electron chi connectivity index (χ4n) is 3.07. The molecule has 1 aromatic carbocycles. The molecule has 2 heterocycles. The van der Waals surface area contributed by atoms with Crippen LogP contribution in [0.2, 0.25) is 0 Å². The van der Waals surface area contributed by atoms with Crippen LogP contribution >= 0.6 is 0 Å². The standard InChI is InChI=1S/C20H26FN5O/c1-24(2)10-9-23-19-15-16(7-8-22-19)20(27)26-13-11-25(12-14-26)18-5-3-17(21)4-6-18/h3-8,15H,9-14H2,1-2H3,(H,22,23). The van der Waals surface area contributed by atoms with Gasteiger partial charge in [-0.3, -0.25) is 4.79 Å². The van der Waals surface area contributed by atoms with Crippen molar-refractivity contribution in [2.75, 3.05) is 63.6 Å². The SMILES string of the molecule is CN(C)CCNc1cc(C(=O)N2CCN(c3ccc(F)cc3)CC2)ccn1. The molecule has 1 amide bonds. The van der Waals surface area contributed by atoms with Crippen molar-refractivity contribution in [2.45, 2.75) is 0 Å². The molecule has 0 spiro atoms. The number of pyridine rings is 1. The van der Waals surface area contributed by atoms with Crippen molar-refractivity contribution in [3.8, 4) is 0 Å². The molecule has 0 radical (unpaired) electrons. The number of carbonyl (C=O) groups is 1. The molecule has 1 aromatic heterocycles. The van der Waals surface area contributed by atoms with Crippen molar-refractivity contribution in [2.24, 2.45) is 0 Å². The van der Waals surface area contributed by atoms with Gasteiger partial charge in [0.15, 0.2) is 0 Å². The molecule has 0 atom stereocenters. The van der Waals surface area contributed by atoms with E-state index in [1.54, 1.807) is 24.4 Å². The Labute approximate surface area is 159 Å². The number of nitrogens with zero attached hydrogens (tertiary/aromatic N) is 4. The maximum atomic E-state index is 13.1. The predicted molar refractivity (Wildman–Crippen MR) is 106 cm³/mol. The molecule has 0 aliphatic carbocycles. The van der Waals surface area contributed by atoms with E-state index in [2.05, 4.69) is 20.1 Å². The number of halogens is 1. The third-order valence-electron chi connectivity index (χ3n) is 4.63. The number of carbonyl (C=O) groups excluding carboxylic acids is 1. The summed E-state index contributed by atoms with van der Waals surface area (Å²) < 4.78 is 13.1. The summed E-state index contributed by atoms with van der Waals surface area (Å²) in [5, 5.41) is 3.24. The Kier molecular flexibility index (Phi) is 6.24. The smallest absolute Gasteiger partial charge is 0.254 e. The number of nitrogens with one attached hydrogen (secondary N) is 1. The quantitative estimate of drug-likeness (QED) is 0.843. The minimum atomic E-state index is -0.236. The van der Waals surface area contributed by atoms with Gasteiger partial charge in [0.05, 0.1) is 0 Å².